The van der Waals surface area contributed by atoms with Crippen LogP contribution in [0.3, 0.4) is 0 Å². The lowest BCUT2D eigenvalue weighted by atomic mass is 10.0. The quantitative estimate of drug-likeness (QED) is 0.575. The average molecular weight is 449 g/mol. The molecule has 1 aliphatic rings. The molecule has 31 heavy (non-hydrogen) atoms. The minimum absolute atomic E-state index is 0. The van der Waals surface area contributed by atoms with Gasteiger partial charge in [-0.25, -0.2) is 0 Å². The Morgan fingerprint density at radius 2 is 1.87 bits per heavy atom. The molecule has 2 atom stereocenters. The molecule has 1 saturated heterocycles. The second-order valence-corrected chi connectivity index (χ2v) is 9.46. The summed E-state index contributed by atoms with van der Waals surface area (Å²) < 4.78 is 1.06. The van der Waals surface area contributed by atoms with E-state index >= 15 is 0 Å². The van der Waals surface area contributed by atoms with Crippen LogP contribution in [0.4, 0.5) is 0 Å². The van der Waals surface area contributed by atoms with E-state index in [-0.39, 0.29) is 37.8 Å². The van der Waals surface area contributed by atoms with Crippen LogP contribution in [0.2, 0.25) is 0 Å². The van der Waals surface area contributed by atoms with Gasteiger partial charge in [-0.1, -0.05) is 39.5 Å². The summed E-state index contributed by atoms with van der Waals surface area (Å²) in [5.74, 6) is 0.0672. The van der Waals surface area contributed by atoms with E-state index in [1.54, 1.807) is 0 Å². The third kappa shape index (κ3) is 6.74. The van der Waals surface area contributed by atoms with Gasteiger partial charge < -0.3 is 21.1 Å². The molecule has 0 bridgehead atoms. The van der Waals surface area contributed by atoms with E-state index in [4.69, 9.17) is 10.8 Å². The Balaban J connectivity index is 0.00000341. The SMILES string of the molecule is C.CC(C)C[C@H](NC(=O)c1cc2ccccc2s1)C(=O)N1CCN(C[C@@H](N)CO)CC1. The van der Waals surface area contributed by atoms with E-state index < -0.39 is 6.04 Å². The van der Waals surface area contributed by atoms with Gasteiger partial charge >= 0.3 is 0 Å². The minimum atomic E-state index is -0.533. The predicted octanol–water partition coefficient (Wildman–Crippen LogP) is 2.15. The lowest BCUT2D eigenvalue weighted by molar-refractivity contribution is -0.135. The van der Waals surface area contributed by atoms with Gasteiger partial charge in [-0.2, -0.15) is 0 Å². The number of thiophene rings is 1. The lowest BCUT2D eigenvalue weighted by Gasteiger charge is -2.37. The highest BCUT2D eigenvalue weighted by Gasteiger charge is 2.30. The van der Waals surface area contributed by atoms with Crippen LogP contribution in [0.25, 0.3) is 10.1 Å². The van der Waals surface area contributed by atoms with Crippen LogP contribution in [0.1, 0.15) is 37.4 Å². The molecule has 2 amide bonds. The lowest BCUT2D eigenvalue weighted by Crippen LogP contribution is -2.56. The van der Waals surface area contributed by atoms with Gasteiger partial charge in [0.05, 0.1) is 11.5 Å². The van der Waals surface area contributed by atoms with Gasteiger partial charge in [-0.15, -0.1) is 11.3 Å². The van der Waals surface area contributed by atoms with Gasteiger partial charge in [-0.05, 0) is 29.9 Å². The Kier molecular flexibility index (Phi) is 9.43. The number of nitrogens with one attached hydrogen (secondary N) is 1. The number of nitrogens with two attached hydrogens (primary N) is 1. The number of benzene rings is 1. The zero-order valence-corrected chi connectivity index (χ0v) is 18.5. The van der Waals surface area contributed by atoms with Crippen LogP contribution in [-0.2, 0) is 4.79 Å². The Morgan fingerprint density at radius 1 is 1.19 bits per heavy atom. The fourth-order valence-electron chi connectivity index (χ4n) is 3.78. The molecule has 0 unspecified atom stereocenters. The molecule has 0 aliphatic carbocycles. The molecule has 1 aromatic heterocycles. The van der Waals surface area contributed by atoms with Crippen molar-refractivity contribution in [2.75, 3.05) is 39.3 Å². The third-order valence-corrected chi connectivity index (χ3v) is 6.49. The standard InChI is InChI=1S/C22H32N4O3S.CH4/c1-15(2)11-18(22(29)26-9-7-25(8-10-26)13-17(23)14-27)24-21(28)20-12-16-5-3-4-6-19(16)30-20;/h3-6,12,15,17-18,27H,7-11,13-14,23H2,1-2H3,(H,24,28);1H4/t17-,18+;/m1./s1. The summed E-state index contributed by atoms with van der Waals surface area (Å²) in [5.41, 5.74) is 5.82. The number of aliphatic hydroxyl groups excluding tert-OH is 1. The van der Waals surface area contributed by atoms with Gasteiger partial charge in [0.15, 0.2) is 0 Å². The Labute approximate surface area is 189 Å². The predicted molar refractivity (Wildman–Crippen MR) is 127 cm³/mol. The van der Waals surface area contributed by atoms with E-state index in [9.17, 15) is 9.59 Å². The van der Waals surface area contributed by atoms with Crippen LogP contribution in [0.15, 0.2) is 30.3 Å². The molecule has 3 rings (SSSR count). The second-order valence-electron chi connectivity index (χ2n) is 8.37. The maximum absolute atomic E-state index is 13.2. The van der Waals surface area contributed by atoms with Crippen LogP contribution >= 0.6 is 11.3 Å². The van der Waals surface area contributed by atoms with Gasteiger partial charge in [0.1, 0.15) is 6.04 Å². The topological polar surface area (TPSA) is 98.9 Å². The number of aliphatic hydroxyl groups is 1. The van der Waals surface area contributed by atoms with Crippen molar-refractivity contribution in [3.63, 3.8) is 0 Å². The average Bonchev–Trinajstić information content (AvgIpc) is 3.17. The number of carbonyl (C=O) groups excluding carboxylic acids is 2. The second kappa shape index (κ2) is 11.6. The molecule has 172 valence electrons. The molecule has 0 spiro atoms. The molecule has 2 aromatic rings. The third-order valence-electron chi connectivity index (χ3n) is 5.37. The van der Waals surface area contributed by atoms with E-state index in [1.807, 2.05) is 35.2 Å². The van der Waals surface area contributed by atoms with Crippen molar-refractivity contribution in [1.29, 1.82) is 0 Å². The normalized spacial score (nSPS) is 16.7. The van der Waals surface area contributed by atoms with Gasteiger partial charge in [0.25, 0.3) is 5.91 Å². The van der Waals surface area contributed by atoms with Gasteiger partial charge in [0.2, 0.25) is 5.91 Å². The molecule has 0 saturated carbocycles. The van der Waals surface area contributed by atoms with Gasteiger partial charge in [-0.3, -0.25) is 14.5 Å². The first kappa shape index (κ1) is 25.3. The first-order valence-corrected chi connectivity index (χ1v) is 11.4. The fraction of sp³-hybridized carbons (Fsp3) is 0.565. The zero-order chi connectivity index (χ0) is 21.7. The monoisotopic (exact) mass is 448 g/mol. The fourth-order valence-corrected chi connectivity index (χ4v) is 4.74. The maximum atomic E-state index is 13.2. The first-order valence-electron chi connectivity index (χ1n) is 10.5. The Morgan fingerprint density at radius 3 is 2.48 bits per heavy atom. The number of hydrogen-bond acceptors (Lipinski definition) is 6. The molecular formula is C23H36N4O3S. The highest BCUT2D eigenvalue weighted by atomic mass is 32.1. The number of carbonyl (C=O) groups is 2. The maximum Gasteiger partial charge on any atom is 0.262 e. The minimum Gasteiger partial charge on any atom is -0.395 e. The highest BCUT2D eigenvalue weighted by molar-refractivity contribution is 7.20. The summed E-state index contributed by atoms with van der Waals surface area (Å²) in [6.07, 6.45) is 0.602. The first-order chi connectivity index (χ1) is 14.4. The van der Waals surface area contributed by atoms with Crippen molar-refractivity contribution in [1.82, 2.24) is 15.1 Å². The summed E-state index contributed by atoms with van der Waals surface area (Å²) >= 11 is 1.45. The highest BCUT2D eigenvalue weighted by Crippen LogP contribution is 2.25. The van der Waals surface area contributed by atoms with Crippen molar-refractivity contribution in [2.45, 2.75) is 39.8 Å². The van der Waals surface area contributed by atoms with Crippen molar-refractivity contribution in [3.05, 3.63) is 35.2 Å². The molecular weight excluding hydrogens is 412 g/mol. The molecule has 4 N–H and O–H groups in total. The molecule has 8 heteroatoms. The number of nitrogens with zero attached hydrogens (tertiary/aromatic N) is 2. The van der Waals surface area contributed by atoms with Crippen LogP contribution in [-0.4, -0.2) is 78.1 Å². The van der Waals surface area contributed by atoms with Crippen molar-refractivity contribution >= 4 is 33.2 Å². The summed E-state index contributed by atoms with van der Waals surface area (Å²) in [4.78, 5) is 30.7. The molecule has 7 nitrogen and oxygen atoms in total. The molecule has 1 aliphatic heterocycles. The number of hydrogen-bond donors (Lipinski definition) is 3. The summed E-state index contributed by atoms with van der Waals surface area (Å²) in [6, 6.07) is 8.98. The Bertz CT molecular complexity index is 828. The number of amides is 2. The molecule has 2 heterocycles. The van der Waals surface area contributed by atoms with Crippen molar-refractivity contribution < 1.29 is 14.7 Å². The van der Waals surface area contributed by atoms with E-state index in [2.05, 4.69) is 24.1 Å². The smallest absolute Gasteiger partial charge is 0.262 e. The number of fused-ring (bicyclic) bond motifs is 1. The van der Waals surface area contributed by atoms with Gasteiger partial charge in [0, 0.05) is 43.5 Å². The van der Waals surface area contributed by atoms with E-state index in [1.165, 1.54) is 11.3 Å². The van der Waals surface area contributed by atoms with Crippen LogP contribution in [0.5, 0.6) is 0 Å². The van der Waals surface area contributed by atoms with E-state index in [0.29, 0.717) is 30.9 Å². The molecule has 1 aromatic carbocycles. The Hall–Kier alpha value is -2.00. The summed E-state index contributed by atoms with van der Waals surface area (Å²) in [6.45, 7) is 7.33. The molecule has 1 fully saturated rings. The number of piperazine rings is 1. The van der Waals surface area contributed by atoms with Crippen molar-refractivity contribution in [3.8, 4) is 0 Å². The van der Waals surface area contributed by atoms with E-state index in [0.717, 1.165) is 23.2 Å². The van der Waals surface area contributed by atoms with Crippen LogP contribution < -0.4 is 11.1 Å². The summed E-state index contributed by atoms with van der Waals surface area (Å²) in [5, 5.41) is 13.2. The van der Waals surface area contributed by atoms with Crippen LogP contribution in [0, 0.1) is 5.92 Å². The van der Waals surface area contributed by atoms with Crippen molar-refractivity contribution in [2.24, 2.45) is 11.7 Å². The number of rotatable bonds is 8. The largest absolute Gasteiger partial charge is 0.395 e. The molecule has 0 radical (unpaired) electrons. The summed E-state index contributed by atoms with van der Waals surface area (Å²) in [7, 11) is 0. The zero-order valence-electron chi connectivity index (χ0n) is 17.7.